The van der Waals surface area contributed by atoms with E-state index in [9.17, 15) is 0 Å². The Kier molecular flexibility index (Phi) is 1.77. The summed E-state index contributed by atoms with van der Waals surface area (Å²) < 4.78 is 0. The molecule has 0 bridgehead atoms. The molecule has 0 aliphatic carbocycles. The van der Waals surface area contributed by atoms with Gasteiger partial charge in [-0.1, -0.05) is 30.3 Å². The first-order valence-corrected chi connectivity index (χ1v) is 4.14. The van der Waals surface area contributed by atoms with E-state index in [4.69, 9.17) is 5.84 Å². The number of hydrogen-bond donors (Lipinski definition) is 1. The van der Waals surface area contributed by atoms with Gasteiger partial charge in [-0.2, -0.15) is 9.89 Å². The van der Waals surface area contributed by atoms with Crippen molar-refractivity contribution >= 4 is 0 Å². The van der Waals surface area contributed by atoms with Gasteiger partial charge in [-0.25, -0.2) is 0 Å². The van der Waals surface area contributed by atoms with Crippen LogP contribution in [0.2, 0.25) is 0 Å². The fourth-order valence-corrected chi connectivity index (χ4v) is 1.40. The molecule has 3 nitrogen and oxygen atoms in total. The molecule has 66 valence electrons. The van der Waals surface area contributed by atoms with Crippen LogP contribution < -0.4 is 5.84 Å². The molecule has 1 aromatic carbocycles. The maximum atomic E-state index is 5.68. The number of aromatic nitrogens is 2. The van der Waals surface area contributed by atoms with Crippen molar-refractivity contribution in [3.8, 4) is 11.3 Å². The van der Waals surface area contributed by atoms with Crippen LogP contribution in [0.5, 0.6) is 0 Å². The Balaban J connectivity index is 2.59. The van der Waals surface area contributed by atoms with E-state index >= 15 is 0 Å². The maximum absolute atomic E-state index is 5.68. The van der Waals surface area contributed by atoms with E-state index < -0.39 is 0 Å². The molecule has 1 aromatic heterocycles. The third-order valence-electron chi connectivity index (χ3n) is 2.03. The number of nitrogen functional groups attached to an aromatic ring is 1. The third-order valence-corrected chi connectivity index (χ3v) is 2.03. The summed E-state index contributed by atoms with van der Waals surface area (Å²) in [6, 6.07) is 10.0. The molecule has 0 amide bonds. The highest BCUT2D eigenvalue weighted by molar-refractivity contribution is 5.62. The number of hydrogen-bond acceptors (Lipinski definition) is 2. The largest absolute Gasteiger partial charge is 0.323 e. The first-order chi connectivity index (χ1) is 6.29. The first-order valence-electron chi connectivity index (χ1n) is 4.14. The molecule has 0 aliphatic rings. The average molecular weight is 173 g/mol. The van der Waals surface area contributed by atoms with E-state index in [-0.39, 0.29) is 0 Å². The van der Waals surface area contributed by atoms with Crippen molar-refractivity contribution in [2.75, 3.05) is 5.84 Å². The van der Waals surface area contributed by atoms with Gasteiger partial charge in [0.15, 0.2) is 0 Å². The zero-order chi connectivity index (χ0) is 9.26. The fraction of sp³-hybridized carbons (Fsp3) is 0.100. The number of aryl methyl sites for hydroxylation is 1. The van der Waals surface area contributed by atoms with Gasteiger partial charge in [0.1, 0.15) is 0 Å². The Morgan fingerprint density at radius 1 is 1.23 bits per heavy atom. The van der Waals surface area contributed by atoms with Crippen LogP contribution in [0.25, 0.3) is 11.3 Å². The minimum absolute atomic E-state index is 0.973. The fourth-order valence-electron chi connectivity index (χ4n) is 1.40. The van der Waals surface area contributed by atoms with Crippen LogP contribution in [0.3, 0.4) is 0 Å². The Hall–Kier alpha value is -1.77. The summed E-state index contributed by atoms with van der Waals surface area (Å²) in [5.41, 5.74) is 3.16. The van der Waals surface area contributed by atoms with Crippen LogP contribution in [0, 0.1) is 6.92 Å². The van der Waals surface area contributed by atoms with Crippen molar-refractivity contribution in [1.29, 1.82) is 0 Å². The predicted molar refractivity (Wildman–Crippen MR) is 52.6 cm³/mol. The molecular formula is C10H11N3. The summed E-state index contributed by atoms with van der Waals surface area (Å²) in [6.45, 7) is 2.00. The number of rotatable bonds is 1. The van der Waals surface area contributed by atoms with Gasteiger partial charge in [0.2, 0.25) is 0 Å². The first kappa shape index (κ1) is 7.86. The van der Waals surface area contributed by atoms with E-state index in [1.54, 1.807) is 6.20 Å². The zero-order valence-corrected chi connectivity index (χ0v) is 7.44. The number of nitrogens with two attached hydrogens (primary N) is 1. The lowest BCUT2D eigenvalue weighted by Gasteiger charge is -2.02. The van der Waals surface area contributed by atoms with Crippen molar-refractivity contribution in [1.82, 2.24) is 9.89 Å². The summed E-state index contributed by atoms with van der Waals surface area (Å²) in [5.74, 6) is 5.68. The molecule has 0 atom stereocenters. The molecule has 0 unspecified atom stereocenters. The Morgan fingerprint density at radius 2 is 1.92 bits per heavy atom. The minimum atomic E-state index is 0.973. The zero-order valence-electron chi connectivity index (χ0n) is 7.44. The van der Waals surface area contributed by atoms with E-state index in [2.05, 4.69) is 5.10 Å². The normalized spacial score (nSPS) is 10.2. The Labute approximate surface area is 76.8 Å². The number of benzene rings is 1. The van der Waals surface area contributed by atoms with Crippen molar-refractivity contribution in [2.24, 2.45) is 0 Å². The van der Waals surface area contributed by atoms with E-state index in [1.165, 1.54) is 4.79 Å². The van der Waals surface area contributed by atoms with E-state index in [1.807, 2.05) is 37.3 Å². The molecule has 0 aliphatic heterocycles. The Bertz CT molecular complexity index is 384. The van der Waals surface area contributed by atoms with Gasteiger partial charge in [-0.3, -0.25) is 0 Å². The van der Waals surface area contributed by atoms with Gasteiger partial charge in [0.05, 0.1) is 11.9 Å². The molecular weight excluding hydrogens is 162 g/mol. The van der Waals surface area contributed by atoms with Crippen molar-refractivity contribution in [2.45, 2.75) is 6.92 Å². The molecule has 3 heteroatoms. The van der Waals surface area contributed by atoms with Crippen LogP contribution in [-0.4, -0.2) is 9.89 Å². The summed E-state index contributed by atoms with van der Waals surface area (Å²) >= 11 is 0. The highest BCUT2D eigenvalue weighted by atomic mass is 15.5. The van der Waals surface area contributed by atoms with Gasteiger partial charge in [-0.15, -0.1) is 0 Å². The van der Waals surface area contributed by atoms with Crippen molar-refractivity contribution in [3.63, 3.8) is 0 Å². The van der Waals surface area contributed by atoms with Crippen LogP contribution in [0.1, 0.15) is 5.56 Å². The van der Waals surface area contributed by atoms with Gasteiger partial charge >= 0.3 is 0 Å². The molecule has 1 heterocycles. The molecule has 13 heavy (non-hydrogen) atoms. The van der Waals surface area contributed by atoms with Crippen molar-refractivity contribution < 1.29 is 0 Å². The van der Waals surface area contributed by atoms with Crippen molar-refractivity contribution in [3.05, 3.63) is 42.1 Å². The average Bonchev–Trinajstić information content (AvgIpc) is 2.48. The molecule has 0 radical (unpaired) electrons. The SMILES string of the molecule is Cc1cnn(N)c1-c1ccccc1. The highest BCUT2D eigenvalue weighted by Crippen LogP contribution is 2.20. The number of nitrogens with zero attached hydrogens (tertiary/aromatic N) is 2. The van der Waals surface area contributed by atoms with Crippen LogP contribution >= 0.6 is 0 Å². The molecule has 0 spiro atoms. The maximum Gasteiger partial charge on any atom is 0.0944 e. The third kappa shape index (κ3) is 1.28. The second-order valence-corrected chi connectivity index (χ2v) is 2.99. The second-order valence-electron chi connectivity index (χ2n) is 2.99. The quantitative estimate of drug-likeness (QED) is 0.665. The molecule has 0 saturated heterocycles. The lowest BCUT2D eigenvalue weighted by atomic mass is 10.1. The van der Waals surface area contributed by atoms with Crippen LogP contribution in [0.4, 0.5) is 0 Å². The van der Waals surface area contributed by atoms with E-state index in [0.29, 0.717) is 0 Å². The second kappa shape index (κ2) is 2.94. The summed E-state index contributed by atoms with van der Waals surface area (Å²) in [4.78, 5) is 1.41. The smallest absolute Gasteiger partial charge is 0.0944 e. The standard InChI is InChI=1S/C10H11N3/c1-8-7-12-13(11)10(8)9-5-3-2-4-6-9/h2-7H,11H2,1H3. The van der Waals surface area contributed by atoms with Gasteiger partial charge in [0.25, 0.3) is 0 Å². The minimum Gasteiger partial charge on any atom is -0.323 e. The topological polar surface area (TPSA) is 43.8 Å². The lowest BCUT2D eigenvalue weighted by Crippen LogP contribution is -2.11. The van der Waals surface area contributed by atoms with Gasteiger partial charge in [0, 0.05) is 5.56 Å². The van der Waals surface area contributed by atoms with Crippen LogP contribution in [0.15, 0.2) is 36.5 Å². The predicted octanol–water partition coefficient (Wildman–Crippen LogP) is 1.57. The molecule has 2 aromatic rings. The monoisotopic (exact) mass is 173 g/mol. The summed E-state index contributed by atoms with van der Waals surface area (Å²) in [6.07, 6.45) is 1.77. The molecule has 2 N–H and O–H groups in total. The molecule has 0 fully saturated rings. The Morgan fingerprint density at radius 3 is 2.46 bits per heavy atom. The highest BCUT2D eigenvalue weighted by Gasteiger charge is 2.06. The van der Waals surface area contributed by atoms with Gasteiger partial charge in [-0.05, 0) is 12.5 Å². The van der Waals surface area contributed by atoms with Gasteiger partial charge < -0.3 is 5.84 Å². The molecule has 0 saturated carbocycles. The lowest BCUT2D eigenvalue weighted by molar-refractivity contribution is 0.840. The summed E-state index contributed by atoms with van der Waals surface area (Å²) in [5, 5.41) is 3.99. The summed E-state index contributed by atoms with van der Waals surface area (Å²) in [7, 11) is 0. The molecule has 2 rings (SSSR count). The van der Waals surface area contributed by atoms with E-state index in [0.717, 1.165) is 16.8 Å². The van der Waals surface area contributed by atoms with Crippen LogP contribution in [-0.2, 0) is 0 Å².